The lowest BCUT2D eigenvalue weighted by Gasteiger charge is -2.70. The summed E-state index contributed by atoms with van der Waals surface area (Å²) >= 11 is 0. The van der Waals surface area contributed by atoms with Crippen LogP contribution < -0.4 is 0 Å². The van der Waals surface area contributed by atoms with Gasteiger partial charge in [0.05, 0.1) is 11.3 Å². The van der Waals surface area contributed by atoms with Crippen LogP contribution >= 0.6 is 0 Å². The molecule has 1 saturated heterocycles. The number of cyclic esters (lactones) is 1. The van der Waals surface area contributed by atoms with Gasteiger partial charge in [-0.05, 0) is 38.0 Å². The van der Waals surface area contributed by atoms with Crippen LogP contribution in [0.5, 0.6) is 0 Å². The standard InChI is InChI=1S/C28H38O8/c1-13-12-17-26(7)11-10-18(31)25(5,6)20(26)19(35-15(3)29)23(36-16(4)30)28(17,9)21-24(33)34-14(2)22(32)27(13,21)8/h14,17,19-21,23H,1,10-12H2,2-9H3. The number of ether oxygens (including phenoxy) is 3. The third-order valence-electron chi connectivity index (χ3n) is 10.3. The predicted octanol–water partition coefficient (Wildman–Crippen LogP) is 3.59. The molecule has 4 rings (SSSR count). The Balaban J connectivity index is 2.04. The molecular weight excluding hydrogens is 464 g/mol. The second-order valence-corrected chi connectivity index (χ2v) is 12.5. The van der Waals surface area contributed by atoms with Gasteiger partial charge in [-0.15, -0.1) is 0 Å². The lowest BCUT2D eigenvalue weighted by atomic mass is 9.34. The average Bonchev–Trinajstić information content (AvgIpc) is 2.74. The van der Waals surface area contributed by atoms with E-state index in [4.69, 9.17) is 14.2 Å². The van der Waals surface area contributed by atoms with Crippen molar-refractivity contribution in [1.29, 1.82) is 0 Å². The molecule has 4 fully saturated rings. The number of carbonyl (C=O) groups is 5. The highest BCUT2D eigenvalue weighted by atomic mass is 16.6. The molecule has 0 spiro atoms. The molecule has 8 nitrogen and oxygen atoms in total. The molecule has 9 unspecified atom stereocenters. The normalized spacial score (nSPS) is 45.6. The smallest absolute Gasteiger partial charge is 0.311 e. The summed E-state index contributed by atoms with van der Waals surface area (Å²) in [4.78, 5) is 65.4. The Hall–Kier alpha value is -2.51. The van der Waals surface area contributed by atoms with Crippen LogP contribution in [0.15, 0.2) is 12.2 Å². The highest BCUT2D eigenvalue weighted by Crippen LogP contribution is 2.72. The van der Waals surface area contributed by atoms with E-state index >= 15 is 0 Å². The van der Waals surface area contributed by atoms with Gasteiger partial charge in [-0.25, -0.2) is 0 Å². The van der Waals surface area contributed by atoms with Crippen molar-refractivity contribution >= 4 is 29.5 Å². The first-order valence-electron chi connectivity index (χ1n) is 12.8. The van der Waals surface area contributed by atoms with Crippen LogP contribution in [-0.4, -0.2) is 47.8 Å². The predicted molar refractivity (Wildman–Crippen MR) is 128 cm³/mol. The minimum absolute atomic E-state index is 0.0489. The molecule has 0 radical (unpaired) electrons. The van der Waals surface area contributed by atoms with E-state index < -0.39 is 69.7 Å². The van der Waals surface area contributed by atoms with Crippen LogP contribution in [0.25, 0.3) is 0 Å². The van der Waals surface area contributed by atoms with Crippen molar-refractivity contribution in [3.05, 3.63) is 12.2 Å². The van der Waals surface area contributed by atoms with E-state index in [0.717, 1.165) is 0 Å². The van der Waals surface area contributed by atoms with E-state index in [0.29, 0.717) is 24.8 Å². The van der Waals surface area contributed by atoms with Crippen LogP contribution in [0.4, 0.5) is 0 Å². The first-order chi connectivity index (χ1) is 16.4. The average molecular weight is 503 g/mol. The molecule has 0 aromatic carbocycles. The van der Waals surface area contributed by atoms with Gasteiger partial charge >= 0.3 is 17.9 Å². The number of hydrogen-bond acceptors (Lipinski definition) is 8. The minimum Gasteiger partial charge on any atom is -0.458 e. The Labute approximate surface area is 212 Å². The van der Waals surface area contributed by atoms with Gasteiger partial charge < -0.3 is 14.2 Å². The van der Waals surface area contributed by atoms with Crippen molar-refractivity contribution in [1.82, 2.24) is 0 Å². The summed E-state index contributed by atoms with van der Waals surface area (Å²) in [6, 6.07) is 0. The summed E-state index contributed by atoms with van der Waals surface area (Å²) in [7, 11) is 0. The van der Waals surface area contributed by atoms with Gasteiger partial charge in [-0.1, -0.05) is 39.8 Å². The Morgan fingerprint density at radius 1 is 1.00 bits per heavy atom. The fraction of sp³-hybridized carbons (Fsp3) is 0.750. The molecule has 3 saturated carbocycles. The number of allylic oxidation sites excluding steroid dienone is 1. The summed E-state index contributed by atoms with van der Waals surface area (Å²) in [5.41, 5.74) is -3.18. The van der Waals surface area contributed by atoms with Crippen LogP contribution in [0.2, 0.25) is 0 Å². The molecule has 4 aliphatic rings. The van der Waals surface area contributed by atoms with Gasteiger partial charge in [0, 0.05) is 37.0 Å². The van der Waals surface area contributed by atoms with E-state index in [9.17, 15) is 24.0 Å². The highest BCUT2D eigenvalue weighted by Gasteiger charge is 2.77. The van der Waals surface area contributed by atoms with Crippen molar-refractivity contribution in [3.8, 4) is 0 Å². The second kappa shape index (κ2) is 7.99. The molecule has 0 N–H and O–H groups in total. The molecule has 3 aliphatic carbocycles. The van der Waals surface area contributed by atoms with Gasteiger partial charge in [0.1, 0.15) is 18.0 Å². The molecule has 9 atom stereocenters. The van der Waals surface area contributed by atoms with Gasteiger partial charge in [0.15, 0.2) is 11.9 Å². The first kappa shape index (κ1) is 26.6. The van der Waals surface area contributed by atoms with Crippen molar-refractivity contribution in [2.75, 3.05) is 0 Å². The zero-order valence-electron chi connectivity index (χ0n) is 22.6. The van der Waals surface area contributed by atoms with Gasteiger partial charge in [-0.3, -0.25) is 24.0 Å². The van der Waals surface area contributed by atoms with E-state index in [1.54, 1.807) is 13.8 Å². The van der Waals surface area contributed by atoms with E-state index in [2.05, 4.69) is 13.5 Å². The molecule has 1 heterocycles. The Bertz CT molecular complexity index is 1070. The Kier molecular flexibility index (Phi) is 5.89. The number of carbonyl (C=O) groups excluding carboxylic acids is 5. The molecule has 198 valence electrons. The van der Waals surface area contributed by atoms with Crippen molar-refractivity contribution in [2.45, 2.75) is 93.0 Å². The van der Waals surface area contributed by atoms with Crippen LogP contribution in [-0.2, 0) is 38.2 Å². The number of rotatable bonds is 2. The molecular formula is C28H38O8. The summed E-state index contributed by atoms with van der Waals surface area (Å²) in [6.45, 7) is 17.8. The summed E-state index contributed by atoms with van der Waals surface area (Å²) in [6.07, 6.45) is -1.72. The number of fused-ring (bicyclic) bond motifs is 5. The Morgan fingerprint density at radius 2 is 1.58 bits per heavy atom. The number of hydrogen-bond donors (Lipinski definition) is 0. The molecule has 0 aromatic rings. The summed E-state index contributed by atoms with van der Waals surface area (Å²) in [5.74, 6) is -3.70. The molecule has 8 heteroatoms. The third kappa shape index (κ3) is 3.21. The van der Waals surface area contributed by atoms with Gasteiger partial charge in [0.2, 0.25) is 0 Å². The fourth-order valence-corrected chi connectivity index (χ4v) is 8.79. The highest BCUT2D eigenvalue weighted by molar-refractivity contribution is 6.00. The molecule has 36 heavy (non-hydrogen) atoms. The maximum atomic E-state index is 13.7. The SMILES string of the molecule is C=C1CC2C3(C)CCC(=O)C(C)(C)C3C(OC(C)=O)C(OC(C)=O)C2(C)C2C(=O)OC(C)C(=O)C12C. The van der Waals surface area contributed by atoms with E-state index in [1.807, 2.05) is 20.8 Å². The molecule has 0 aromatic heterocycles. The van der Waals surface area contributed by atoms with Crippen molar-refractivity contribution < 1.29 is 38.2 Å². The van der Waals surface area contributed by atoms with Crippen LogP contribution in [0.3, 0.4) is 0 Å². The van der Waals surface area contributed by atoms with Crippen molar-refractivity contribution in [3.63, 3.8) is 0 Å². The zero-order valence-corrected chi connectivity index (χ0v) is 22.6. The topological polar surface area (TPSA) is 113 Å². The minimum atomic E-state index is -1.23. The maximum Gasteiger partial charge on any atom is 0.311 e. The summed E-state index contributed by atoms with van der Waals surface area (Å²) in [5, 5.41) is 0. The first-order valence-corrected chi connectivity index (χ1v) is 12.8. The monoisotopic (exact) mass is 502 g/mol. The summed E-state index contributed by atoms with van der Waals surface area (Å²) < 4.78 is 17.5. The Morgan fingerprint density at radius 3 is 2.14 bits per heavy atom. The molecule has 0 bridgehead atoms. The van der Waals surface area contributed by atoms with Crippen LogP contribution in [0, 0.1) is 39.4 Å². The lowest BCUT2D eigenvalue weighted by Crippen LogP contribution is -2.76. The number of esters is 3. The van der Waals surface area contributed by atoms with E-state index in [1.165, 1.54) is 13.8 Å². The number of ketones is 2. The number of Topliss-reactive ketones (excluding diaryl/α,β-unsaturated/α-hetero) is 2. The third-order valence-corrected chi connectivity index (χ3v) is 10.3. The van der Waals surface area contributed by atoms with Gasteiger partial charge in [-0.2, -0.15) is 0 Å². The lowest BCUT2D eigenvalue weighted by molar-refractivity contribution is -0.278. The second-order valence-electron chi connectivity index (χ2n) is 12.5. The van der Waals surface area contributed by atoms with E-state index in [-0.39, 0.29) is 17.5 Å². The fourth-order valence-electron chi connectivity index (χ4n) is 8.79. The zero-order chi connectivity index (χ0) is 27.2. The molecule has 1 aliphatic heterocycles. The maximum absolute atomic E-state index is 13.7. The van der Waals surface area contributed by atoms with Crippen LogP contribution in [0.1, 0.15) is 74.7 Å². The quantitative estimate of drug-likeness (QED) is 0.320. The largest absolute Gasteiger partial charge is 0.458 e. The van der Waals surface area contributed by atoms with Gasteiger partial charge in [0.25, 0.3) is 0 Å². The molecule has 0 amide bonds. The van der Waals surface area contributed by atoms with Crippen molar-refractivity contribution in [2.24, 2.45) is 39.4 Å².